The molecule has 1 amide bonds. The van der Waals surface area contributed by atoms with Gasteiger partial charge in [-0.25, -0.2) is 0 Å². The van der Waals surface area contributed by atoms with Gasteiger partial charge in [0.2, 0.25) is 0 Å². The van der Waals surface area contributed by atoms with E-state index in [9.17, 15) is 13.6 Å². The highest BCUT2D eigenvalue weighted by molar-refractivity contribution is 6.05. The van der Waals surface area contributed by atoms with Crippen molar-refractivity contribution in [2.75, 3.05) is 18.6 Å². The fraction of sp³-hybridized carbons (Fsp3) is 0.300. The zero-order valence-corrected chi connectivity index (χ0v) is 8.04. The number of methoxy groups -OCH3 is 1. The molecule has 5 heteroatoms. The summed E-state index contributed by atoms with van der Waals surface area (Å²) >= 11 is 0. The van der Waals surface area contributed by atoms with Gasteiger partial charge in [-0.05, 0) is 24.3 Å². The first kappa shape index (κ1) is 9.89. The third kappa shape index (κ3) is 1.54. The number of hydrogen-bond donors (Lipinski definition) is 0. The Morgan fingerprint density at radius 3 is 2.33 bits per heavy atom. The second-order valence-corrected chi connectivity index (χ2v) is 3.29. The van der Waals surface area contributed by atoms with Gasteiger partial charge in [0.25, 0.3) is 5.91 Å². The molecule has 0 atom stereocenters. The Hall–Kier alpha value is -1.65. The molecule has 1 aromatic carbocycles. The van der Waals surface area contributed by atoms with E-state index in [4.69, 9.17) is 4.74 Å². The van der Waals surface area contributed by atoms with Gasteiger partial charge in [-0.1, -0.05) is 0 Å². The van der Waals surface area contributed by atoms with Crippen LogP contribution < -0.4 is 9.64 Å². The van der Waals surface area contributed by atoms with Crippen LogP contribution in [0, 0.1) is 0 Å². The molecular weight excluding hydrogens is 204 g/mol. The number of carbonyl (C=O) groups excluding carboxylic acids is 1. The first-order chi connectivity index (χ1) is 7.04. The minimum atomic E-state index is -3.19. The molecule has 1 aliphatic rings. The molecule has 0 aliphatic carbocycles. The first-order valence-corrected chi connectivity index (χ1v) is 4.38. The van der Waals surface area contributed by atoms with Gasteiger partial charge in [0.1, 0.15) is 5.75 Å². The predicted molar refractivity (Wildman–Crippen MR) is 50.3 cm³/mol. The van der Waals surface area contributed by atoms with Gasteiger partial charge in [-0.3, -0.25) is 4.79 Å². The second-order valence-electron chi connectivity index (χ2n) is 3.29. The summed E-state index contributed by atoms with van der Waals surface area (Å²) in [6, 6.07) is 6.40. The molecule has 1 saturated heterocycles. The quantitative estimate of drug-likeness (QED) is 0.699. The van der Waals surface area contributed by atoms with Crippen molar-refractivity contribution in [1.29, 1.82) is 0 Å². The summed E-state index contributed by atoms with van der Waals surface area (Å²) in [5.74, 6) is -3.72. The largest absolute Gasteiger partial charge is 0.497 e. The van der Waals surface area contributed by atoms with Crippen LogP contribution in [0.5, 0.6) is 5.75 Å². The number of benzene rings is 1. The maximum absolute atomic E-state index is 12.6. The fourth-order valence-corrected chi connectivity index (χ4v) is 1.41. The van der Waals surface area contributed by atoms with Crippen LogP contribution in [-0.2, 0) is 4.79 Å². The highest BCUT2D eigenvalue weighted by Crippen LogP contribution is 2.33. The van der Waals surface area contributed by atoms with Crippen LogP contribution in [0.1, 0.15) is 0 Å². The van der Waals surface area contributed by atoms with E-state index in [1.165, 1.54) is 7.11 Å². The number of ether oxygens (including phenoxy) is 1. The number of carbonyl (C=O) groups is 1. The molecule has 0 spiro atoms. The molecule has 1 fully saturated rings. The van der Waals surface area contributed by atoms with E-state index in [0.29, 0.717) is 11.4 Å². The minimum absolute atomic E-state index is 0.465. The highest BCUT2D eigenvalue weighted by atomic mass is 19.3. The van der Waals surface area contributed by atoms with Crippen molar-refractivity contribution >= 4 is 11.6 Å². The molecule has 0 radical (unpaired) electrons. The molecule has 1 heterocycles. The summed E-state index contributed by atoms with van der Waals surface area (Å²) in [7, 11) is 1.51. The Morgan fingerprint density at radius 2 is 1.93 bits per heavy atom. The van der Waals surface area contributed by atoms with Crippen molar-refractivity contribution in [2.45, 2.75) is 5.92 Å². The first-order valence-electron chi connectivity index (χ1n) is 4.38. The van der Waals surface area contributed by atoms with Gasteiger partial charge >= 0.3 is 5.92 Å². The summed E-state index contributed by atoms with van der Waals surface area (Å²) < 4.78 is 30.1. The van der Waals surface area contributed by atoms with Crippen molar-refractivity contribution < 1.29 is 18.3 Å². The summed E-state index contributed by atoms with van der Waals surface area (Å²) in [4.78, 5) is 12.0. The monoisotopic (exact) mass is 213 g/mol. The lowest BCUT2D eigenvalue weighted by molar-refractivity contribution is -0.152. The molecule has 0 aromatic heterocycles. The van der Waals surface area contributed by atoms with Crippen molar-refractivity contribution in [2.24, 2.45) is 0 Å². The number of amides is 1. The second kappa shape index (κ2) is 3.18. The van der Waals surface area contributed by atoms with Crippen molar-refractivity contribution in [3.8, 4) is 5.75 Å². The van der Waals surface area contributed by atoms with Crippen molar-refractivity contribution in [3.05, 3.63) is 24.3 Å². The molecule has 1 aliphatic heterocycles. The lowest BCUT2D eigenvalue weighted by atomic mass is 10.1. The number of halogens is 2. The van der Waals surface area contributed by atoms with Gasteiger partial charge in [0, 0.05) is 5.69 Å². The molecule has 3 nitrogen and oxygen atoms in total. The summed E-state index contributed by atoms with van der Waals surface area (Å²) in [6.45, 7) is -0.543. The maximum atomic E-state index is 12.6. The van der Waals surface area contributed by atoms with E-state index in [1.807, 2.05) is 0 Å². The van der Waals surface area contributed by atoms with Gasteiger partial charge in [-0.2, -0.15) is 8.78 Å². The minimum Gasteiger partial charge on any atom is -0.497 e. The summed E-state index contributed by atoms with van der Waals surface area (Å²) in [6.07, 6.45) is 0. The van der Waals surface area contributed by atoms with Crippen molar-refractivity contribution in [1.82, 2.24) is 0 Å². The normalized spacial score (nSPS) is 18.6. The topological polar surface area (TPSA) is 29.5 Å². The highest BCUT2D eigenvalue weighted by Gasteiger charge is 2.54. The Kier molecular flexibility index (Phi) is 2.10. The van der Waals surface area contributed by atoms with Crippen LogP contribution >= 0.6 is 0 Å². The molecule has 0 bridgehead atoms. The van der Waals surface area contributed by atoms with E-state index in [1.54, 1.807) is 24.3 Å². The van der Waals surface area contributed by atoms with E-state index in [0.717, 1.165) is 4.90 Å². The van der Waals surface area contributed by atoms with Gasteiger partial charge in [0.15, 0.2) is 0 Å². The molecule has 80 valence electrons. The van der Waals surface area contributed by atoms with Crippen molar-refractivity contribution in [3.63, 3.8) is 0 Å². The van der Waals surface area contributed by atoms with Crippen LogP contribution in [0.4, 0.5) is 14.5 Å². The summed E-state index contributed by atoms with van der Waals surface area (Å²) in [5.41, 5.74) is 0.465. The van der Waals surface area contributed by atoms with E-state index in [2.05, 4.69) is 0 Å². The predicted octanol–water partition coefficient (Wildman–Crippen LogP) is 1.68. The zero-order chi connectivity index (χ0) is 11.1. The molecule has 2 rings (SSSR count). The van der Waals surface area contributed by atoms with Gasteiger partial charge in [-0.15, -0.1) is 0 Å². The summed E-state index contributed by atoms with van der Waals surface area (Å²) in [5, 5.41) is 0. The number of alkyl halides is 2. The third-order valence-electron chi connectivity index (χ3n) is 2.30. The lowest BCUT2D eigenvalue weighted by Gasteiger charge is -2.37. The number of nitrogens with zero attached hydrogens (tertiary/aromatic N) is 1. The average Bonchev–Trinajstić information content (AvgIpc) is 2.26. The van der Waals surface area contributed by atoms with E-state index < -0.39 is 18.4 Å². The molecule has 1 aromatic rings. The van der Waals surface area contributed by atoms with Gasteiger partial charge in [0.05, 0.1) is 13.7 Å². The SMILES string of the molecule is COc1ccc(N2CC(F)(F)C2=O)cc1. The Bertz CT molecular complexity index is 389. The standard InChI is InChI=1S/C10H9F2NO2/c1-15-8-4-2-7(3-5-8)13-6-10(11,12)9(13)14/h2-5H,6H2,1H3. The lowest BCUT2D eigenvalue weighted by Crippen LogP contribution is -2.62. The molecule has 15 heavy (non-hydrogen) atoms. The third-order valence-corrected chi connectivity index (χ3v) is 2.30. The molecular formula is C10H9F2NO2. The Morgan fingerprint density at radius 1 is 1.33 bits per heavy atom. The number of hydrogen-bond acceptors (Lipinski definition) is 2. The van der Waals surface area contributed by atoms with E-state index >= 15 is 0 Å². The van der Waals surface area contributed by atoms with Crippen LogP contribution in [0.3, 0.4) is 0 Å². The Labute approximate surface area is 85.3 Å². The Balaban J connectivity index is 2.16. The molecule has 0 unspecified atom stereocenters. The maximum Gasteiger partial charge on any atom is 0.342 e. The number of β-lactam (4-membered cyclic amide) rings is 1. The van der Waals surface area contributed by atoms with Gasteiger partial charge < -0.3 is 9.64 Å². The zero-order valence-electron chi connectivity index (χ0n) is 8.04. The van der Waals surface area contributed by atoms with Crippen LogP contribution in [0.25, 0.3) is 0 Å². The smallest absolute Gasteiger partial charge is 0.342 e. The van der Waals surface area contributed by atoms with E-state index in [-0.39, 0.29) is 0 Å². The molecule has 0 saturated carbocycles. The fourth-order valence-electron chi connectivity index (χ4n) is 1.41. The average molecular weight is 213 g/mol. The van der Waals surface area contributed by atoms with Crippen LogP contribution in [-0.4, -0.2) is 25.5 Å². The number of rotatable bonds is 2. The number of anilines is 1. The van der Waals surface area contributed by atoms with Crippen LogP contribution in [0.15, 0.2) is 24.3 Å². The van der Waals surface area contributed by atoms with Crippen LogP contribution in [0.2, 0.25) is 0 Å². The molecule has 0 N–H and O–H groups in total.